The maximum atomic E-state index is 12.7. The molecule has 1 aromatic rings. The molecular weight excluding hydrogens is 318 g/mol. The Morgan fingerprint density at radius 2 is 1.96 bits per heavy atom. The number of rotatable bonds is 7. The van der Waals surface area contributed by atoms with Crippen LogP contribution in [0.4, 0.5) is 0 Å². The first-order valence-corrected chi connectivity index (χ1v) is 9.23. The lowest BCUT2D eigenvalue weighted by Gasteiger charge is -2.30. The third kappa shape index (κ3) is 4.83. The Kier molecular flexibility index (Phi) is 6.48. The fourth-order valence-electron chi connectivity index (χ4n) is 3.35. The van der Waals surface area contributed by atoms with E-state index in [1.165, 1.54) is 5.56 Å². The Morgan fingerprint density at radius 1 is 1.20 bits per heavy atom. The van der Waals surface area contributed by atoms with E-state index >= 15 is 0 Å². The zero-order chi connectivity index (χ0) is 17.5. The molecule has 1 N–H and O–H groups in total. The van der Waals surface area contributed by atoms with Gasteiger partial charge in [0.1, 0.15) is 0 Å². The summed E-state index contributed by atoms with van der Waals surface area (Å²) in [6, 6.07) is 10.2. The summed E-state index contributed by atoms with van der Waals surface area (Å²) in [4.78, 5) is 14.6. The SMILES string of the molecule is O=C(C1=C[C@@H](c2ccccc2)C[C@@H](OCCCCO)O1)N1CCCC1. The third-order valence-electron chi connectivity index (χ3n) is 4.75. The van der Waals surface area contributed by atoms with Crippen LogP contribution in [0.1, 0.15) is 43.6 Å². The summed E-state index contributed by atoms with van der Waals surface area (Å²) in [5, 5.41) is 8.88. The molecule has 0 aliphatic carbocycles. The first kappa shape index (κ1) is 18.0. The molecular formula is C20H27NO4. The second-order valence-electron chi connectivity index (χ2n) is 6.63. The first-order valence-electron chi connectivity index (χ1n) is 9.23. The number of amides is 1. The molecule has 0 spiro atoms. The standard InChI is InChI=1S/C20H27NO4/c22-12-6-7-13-24-19-15-17(16-8-2-1-3-9-16)14-18(25-19)20(23)21-10-4-5-11-21/h1-3,8-9,14,17,19,22H,4-7,10-13,15H2/t17-,19+/m1/s1. The van der Waals surface area contributed by atoms with Gasteiger partial charge in [-0.25, -0.2) is 0 Å². The molecule has 25 heavy (non-hydrogen) atoms. The van der Waals surface area contributed by atoms with Crippen molar-refractivity contribution in [1.82, 2.24) is 4.90 Å². The zero-order valence-corrected chi connectivity index (χ0v) is 14.6. The highest BCUT2D eigenvalue weighted by molar-refractivity contribution is 5.92. The predicted molar refractivity (Wildman–Crippen MR) is 94.8 cm³/mol. The second kappa shape index (κ2) is 9.02. The number of unbranched alkanes of at least 4 members (excludes halogenated alkanes) is 1. The molecule has 2 aliphatic heterocycles. The second-order valence-corrected chi connectivity index (χ2v) is 6.63. The normalized spacial score (nSPS) is 23.2. The van der Waals surface area contributed by atoms with E-state index in [0.717, 1.165) is 32.4 Å². The van der Waals surface area contributed by atoms with Gasteiger partial charge in [0.2, 0.25) is 6.29 Å². The molecule has 3 rings (SSSR count). The minimum Gasteiger partial charge on any atom is -0.459 e. The molecule has 1 fully saturated rings. The third-order valence-corrected chi connectivity index (χ3v) is 4.75. The molecule has 0 saturated carbocycles. The van der Waals surface area contributed by atoms with Crippen molar-refractivity contribution in [3.8, 4) is 0 Å². The van der Waals surface area contributed by atoms with Crippen LogP contribution in [0.25, 0.3) is 0 Å². The van der Waals surface area contributed by atoms with Gasteiger partial charge in [-0.05, 0) is 37.3 Å². The fourth-order valence-corrected chi connectivity index (χ4v) is 3.35. The molecule has 1 amide bonds. The quantitative estimate of drug-likeness (QED) is 0.772. The molecule has 2 atom stereocenters. The topological polar surface area (TPSA) is 59.0 Å². The number of carbonyl (C=O) groups is 1. The van der Waals surface area contributed by atoms with Gasteiger partial charge < -0.3 is 19.5 Å². The van der Waals surface area contributed by atoms with Crippen LogP contribution in [0.3, 0.4) is 0 Å². The van der Waals surface area contributed by atoms with Crippen LogP contribution < -0.4 is 0 Å². The van der Waals surface area contributed by atoms with E-state index in [1.807, 2.05) is 29.2 Å². The number of allylic oxidation sites excluding steroid dienone is 1. The number of benzene rings is 1. The van der Waals surface area contributed by atoms with Crippen LogP contribution in [-0.2, 0) is 14.3 Å². The Bertz CT molecular complexity index is 581. The Morgan fingerprint density at radius 3 is 2.68 bits per heavy atom. The van der Waals surface area contributed by atoms with Crippen molar-refractivity contribution in [2.75, 3.05) is 26.3 Å². The zero-order valence-electron chi connectivity index (χ0n) is 14.6. The van der Waals surface area contributed by atoms with Crippen LogP contribution >= 0.6 is 0 Å². The molecule has 1 aromatic carbocycles. The largest absolute Gasteiger partial charge is 0.459 e. The summed E-state index contributed by atoms with van der Waals surface area (Å²) < 4.78 is 11.7. The van der Waals surface area contributed by atoms with Crippen molar-refractivity contribution in [3.05, 3.63) is 47.7 Å². The van der Waals surface area contributed by atoms with Gasteiger partial charge in [-0.2, -0.15) is 0 Å². The average molecular weight is 345 g/mol. The number of hydrogen-bond donors (Lipinski definition) is 1. The Hall–Kier alpha value is -1.85. The number of nitrogens with zero attached hydrogens (tertiary/aromatic N) is 1. The first-order chi connectivity index (χ1) is 12.3. The van der Waals surface area contributed by atoms with Gasteiger partial charge in [-0.3, -0.25) is 4.79 Å². The van der Waals surface area contributed by atoms with Crippen LogP contribution in [0.5, 0.6) is 0 Å². The van der Waals surface area contributed by atoms with Crippen molar-refractivity contribution >= 4 is 5.91 Å². The monoisotopic (exact) mass is 345 g/mol. The van der Waals surface area contributed by atoms with Gasteiger partial charge in [0.05, 0.1) is 6.61 Å². The smallest absolute Gasteiger partial charge is 0.288 e. The lowest BCUT2D eigenvalue weighted by molar-refractivity contribution is -0.152. The van der Waals surface area contributed by atoms with E-state index in [2.05, 4.69) is 12.1 Å². The predicted octanol–water partition coefficient (Wildman–Crippen LogP) is 2.81. The van der Waals surface area contributed by atoms with E-state index < -0.39 is 6.29 Å². The van der Waals surface area contributed by atoms with Gasteiger partial charge in [0.25, 0.3) is 5.91 Å². The maximum Gasteiger partial charge on any atom is 0.288 e. The summed E-state index contributed by atoms with van der Waals surface area (Å²) in [5.74, 6) is 0.496. The Balaban J connectivity index is 1.71. The number of carbonyl (C=O) groups excluding carboxylic acids is 1. The summed E-state index contributed by atoms with van der Waals surface area (Å²) in [6.45, 7) is 2.30. The highest BCUT2D eigenvalue weighted by Gasteiger charge is 2.31. The van der Waals surface area contributed by atoms with E-state index in [-0.39, 0.29) is 18.4 Å². The van der Waals surface area contributed by atoms with Gasteiger partial charge in [-0.1, -0.05) is 30.3 Å². The lowest BCUT2D eigenvalue weighted by Crippen LogP contribution is -2.35. The summed E-state index contributed by atoms with van der Waals surface area (Å²) in [5.41, 5.74) is 1.17. The number of likely N-dealkylation sites (tertiary alicyclic amines) is 1. The molecule has 0 unspecified atom stereocenters. The van der Waals surface area contributed by atoms with Crippen LogP contribution in [0.15, 0.2) is 42.2 Å². The summed E-state index contributed by atoms with van der Waals surface area (Å²) in [7, 11) is 0. The van der Waals surface area contributed by atoms with E-state index in [0.29, 0.717) is 25.2 Å². The number of hydrogen-bond acceptors (Lipinski definition) is 4. The van der Waals surface area contributed by atoms with Crippen molar-refractivity contribution in [1.29, 1.82) is 0 Å². The van der Waals surface area contributed by atoms with Gasteiger partial charge >= 0.3 is 0 Å². The van der Waals surface area contributed by atoms with Crippen molar-refractivity contribution < 1.29 is 19.4 Å². The van der Waals surface area contributed by atoms with Gasteiger partial charge in [-0.15, -0.1) is 0 Å². The molecule has 5 nitrogen and oxygen atoms in total. The van der Waals surface area contributed by atoms with Crippen molar-refractivity contribution in [3.63, 3.8) is 0 Å². The number of aliphatic hydroxyl groups excluding tert-OH is 1. The van der Waals surface area contributed by atoms with E-state index in [4.69, 9.17) is 14.6 Å². The minimum absolute atomic E-state index is 0.0258. The fraction of sp³-hybridized carbons (Fsp3) is 0.550. The number of aliphatic hydroxyl groups is 1. The average Bonchev–Trinajstić information content (AvgIpc) is 3.20. The number of ether oxygens (including phenoxy) is 2. The molecule has 1 saturated heterocycles. The summed E-state index contributed by atoms with van der Waals surface area (Å²) >= 11 is 0. The molecule has 0 aromatic heterocycles. The lowest BCUT2D eigenvalue weighted by atomic mass is 9.93. The van der Waals surface area contributed by atoms with Gasteiger partial charge in [0.15, 0.2) is 5.76 Å². The van der Waals surface area contributed by atoms with Crippen molar-refractivity contribution in [2.24, 2.45) is 0 Å². The minimum atomic E-state index is -0.421. The maximum absolute atomic E-state index is 12.7. The molecule has 136 valence electrons. The Labute approximate surface area is 149 Å². The molecule has 2 aliphatic rings. The highest BCUT2D eigenvalue weighted by Crippen LogP contribution is 2.32. The van der Waals surface area contributed by atoms with Crippen LogP contribution in [0, 0.1) is 0 Å². The molecule has 0 bridgehead atoms. The molecule has 2 heterocycles. The van der Waals surface area contributed by atoms with E-state index in [9.17, 15) is 4.79 Å². The molecule has 5 heteroatoms. The summed E-state index contributed by atoms with van der Waals surface area (Å²) in [6.07, 6.45) is 5.83. The van der Waals surface area contributed by atoms with Crippen molar-refractivity contribution in [2.45, 2.75) is 44.3 Å². The highest BCUT2D eigenvalue weighted by atomic mass is 16.7. The van der Waals surface area contributed by atoms with E-state index in [1.54, 1.807) is 0 Å². The van der Waals surface area contributed by atoms with Crippen LogP contribution in [0.2, 0.25) is 0 Å². The van der Waals surface area contributed by atoms with Gasteiger partial charge in [0, 0.05) is 32.0 Å². The van der Waals surface area contributed by atoms with Crippen LogP contribution in [-0.4, -0.2) is 48.5 Å². The molecule has 0 radical (unpaired) electrons.